The average molecular weight is 286 g/mol. The number of rotatable bonds is 3. The molecular weight excluding hydrogens is 267 g/mol. The molecule has 1 aliphatic rings. The summed E-state index contributed by atoms with van der Waals surface area (Å²) in [6.07, 6.45) is 6.80. The van der Waals surface area contributed by atoms with Crippen LogP contribution in [-0.2, 0) is 10.0 Å². The quantitative estimate of drug-likeness (QED) is 0.839. The minimum absolute atomic E-state index is 0.198. The second-order valence-corrected chi connectivity index (χ2v) is 6.58. The molecule has 1 saturated carbocycles. The molecular formula is C13H19FN2O2S. The predicted molar refractivity (Wildman–Crippen MR) is 72.9 cm³/mol. The van der Waals surface area contributed by atoms with Crippen LogP contribution in [0.4, 0.5) is 10.1 Å². The van der Waals surface area contributed by atoms with Crippen molar-refractivity contribution in [3.8, 4) is 0 Å². The normalized spacial score (nSPS) is 18.0. The van der Waals surface area contributed by atoms with Crippen LogP contribution < -0.4 is 10.5 Å². The third kappa shape index (κ3) is 3.91. The van der Waals surface area contributed by atoms with E-state index in [-0.39, 0.29) is 10.9 Å². The lowest BCUT2D eigenvalue weighted by molar-refractivity contribution is 0.587. The highest BCUT2D eigenvalue weighted by Crippen LogP contribution is 2.24. The molecule has 0 saturated heterocycles. The molecule has 4 nitrogen and oxygen atoms in total. The molecule has 0 spiro atoms. The van der Waals surface area contributed by atoms with Crippen LogP contribution in [-0.4, -0.2) is 14.5 Å². The smallest absolute Gasteiger partial charge is 0.238 e. The van der Waals surface area contributed by atoms with Crippen LogP contribution in [0.5, 0.6) is 0 Å². The Hall–Kier alpha value is -1.14. The van der Waals surface area contributed by atoms with Crippen molar-refractivity contribution in [1.82, 2.24) is 0 Å². The molecule has 0 aliphatic heterocycles. The standard InChI is InChI=1S/C13H19FN2O2S/c14-12-9-11(19(15,17)18)7-8-13(12)16-10-5-3-1-2-4-6-10/h7-10,16H,1-6H2,(H2,15,17,18). The molecule has 1 aromatic rings. The van der Waals surface area contributed by atoms with Crippen molar-refractivity contribution in [3.05, 3.63) is 24.0 Å². The van der Waals surface area contributed by atoms with Crippen LogP contribution in [0.25, 0.3) is 0 Å². The van der Waals surface area contributed by atoms with E-state index in [0.29, 0.717) is 5.69 Å². The van der Waals surface area contributed by atoms with E-state index in [4.69, 9.17) is 5.14 Å². The lowest BCUT2D eigenvalue weighted by Gasteiger charge is -2.18. The molecule has 3 N–H and O–H groups in total. The van der Waals surface area contributed by atoms with Gasteiger partial charge in [0.2, 0.25) is 10.0 Å². The highest BCUT2D eigenvalue weighted by Gasteiger charge is 2.15. The first-order chi connectivity index (χ1) is 8.97. The summed E-state index contributed by atoms with van der Waals surface area (Å²) in [6, 6.07) is 4.00. The number of sulfonamides is 1. The van der Waals surface area contributed by atoms with Gasteiger partial charge in [-0.25, -0.2) is 17.9 Å². The maximum Gasteiger partial charge on any atom is 0.238 e. The molecule has 1 fully saturated rings. The number of hydrogen-bond donors (Lipinski definition) is 2. The molecule has 0 bridgehead atoms. The van der Waals surface area contributed by atoms with Gasteiger partial charge in [-0.15, -0.1) is 0 Å². The Balaban J connectivity index is 2.12. The fourth-order valence-electron chi connectivity index (χ4n) is 2.43. The highest BCUT2D eigenvalue weighted by molar-refractivity contribution is 7.89. The molecule has 0 atom stereocenters. The van der Waals surface area contributed by atoms with E-state index >= 15 is 0 Å². The average Bonchev–Trinajstić information content (AvgIpc) is 2.59. The molecule has 0 radical (unpaired) electrons. The van der Waals surface area contributed by atoms with E-state index in [1.165, 1.54) is 25.0 Å². The van der Waals surface area contributed by atoms with Gasteiger partial charge in [0.25, 0.3) is 0 Å². The van der Waals surface area contributed by atoms with Crippen LogP contribution in [0.1, 0.15) is 38.5 Å². The number of hydrogen-bond acceptors (Lipinski definition) is 3. The molecule has 2 rings (SSSR count). The SMILES string of the molecule is NS(=O)(=O)c1ccc(NC2CCCCCC2)c(F)c1. The third-order valence-electron chi connectivity index (χ3n) is 3.48. The van der Waals surface area contributed by atoms with E-state index in [2.05, 4.69) is 5.32 Å². The number of nitrogens with one attached hydrogen (secondary N) is 1. The lowest BCUT2D eigenvalue weighted by atomic mass is 10.1. The second-order valence-electron chi connectivity index (χ2n) is 5.02. The summed E-state index contributed by atoms with van der Waals surface area (Å²) in [6.45, 7) is 0. The fourth-order valence-corrected chi connectivity index (χ4v) is 2.96. The Kier molecular flexibility index (Phi) is 4.42. The second kappa shape index (κ2) is 5.88. The molecule has 19 heavy (non-hydrogen) atoms. The van der Waals surface area contributed by atoms with E-state index in [1.807, 2.05) is 0 Å². The molecule has 0 heterocycles. The number of primary sulfonamides is 1. The van der Waals surface area contributed by atoms with Gasteiger partial charge in [-0.1, -0.05) is 25.7 Å². The van der Waals surface area contributed by atoms with Crippen molar-refractivity contribution in [1.29, 1.82) is 0 Å². The Labute approximate surface area is 113 Å². The number of anilines is 1. The van der Waals surface area contributed by atoms with Crippen LogP contribution in [0.2, 0.25) is 0 Å². The zero-order valence-corrected chi connectivity index (χ0v) is 11.5. The number of halogens is 1. The topological polar surface area (TPSA) is 72.2 Å². The molecule has 0 aromatic heterocycles. The summed E-state index contributed by atoms with van der Waals surface area (Å²) in [5.41, 5.74) is 0.347. The summed E-state index contributed by atoms with van der Waals surface area (Å²) < 4.78 is 36.1. The summed E-state index contributed by atoms with van der Waals surface area (Å²) in [7, 11) is -3.85. The summed E-state index contributed by atoms with van der Waals surface area (Å²) >= 11 is 0. The van der Waals surface area contributed by atoms with Gasteiger partial charge in [0.05, 0.1) is 10.6 Å². The minimum atomic E-state index is -3.85. The van der Waals surface area contributed by atoms with Gasteiger partial charge in [0, 0.05) is 6.04 Å². The largest absolute Gasteiger partial charge is 0.380 e. The van der Waals surface area contributed by atoms with Crippen molar-refractivity contribution in [2.75, 3.05) is 5.32 Å². The first kappa shape index (κ1) is 14.3. The molecule has 0 unspecified atom stereocenters. The van der Waals surface area contributed by atoms with Crippen molar-refractivity contribution < 1.29 is 12.8 Å². The van der Waals surface area contributed by atoms with Gasteiger partial charge < -0.3 is 5.32 Å². The van der Waals surface area contributed by atoms with E-state index in [0.717, 1.165) is 31.7 Å². The summed E-state index contributed by atoms with van der Waals surface area (Å²) in [4.78, 5) is -0.198. The summed E-state index contributed by atoms with van der Waals surface area (Å²) in [5, 5.41) is 8.12. The van der Waals surface area contributed by atoms with Gasteiger partial charge in [0.15, 0.2) is 0 Å². The molecule has 1 aliphatic carbocycles. The van der Waals surface area contributed by atoms with E-state index in [1.54, 1.807) is 0 Å². The first-order valence-corrected chi connectivity index (χ1v) is 8.10. The Morgan fingerprint density at radius 1 is 1.16 bits per heavy atom. The molecule has 6 heteroatoms. The van der Waals surface area contributed by atoms with E-state index < -0.39 is 15.8 Å². The zero-order valence-electron chi connectivity index (χ0n) is 10.7. The van der Waals surface area contributed by atoms with Gasteiger partial charge >= 0.3 is 0 Å². The van der Waals surface area contributed by atoms with Crippen molar-refractivity contribution in [3.63, 3.8) is 0 Å². The van der Waals surface area contributed by atoms with Gasteiger partial charge in [-0.2, -0.15) is 0 Å². The van der Waals surface area contributed by atoms with Crippen molar-refractivity contribution in [2.45, 2.75) is 49.5 Å². The van der Waals surface area contributed by atoms with Crippen LogP contribution >= 0.6 is 0 Å². The predicted octanol–water partition coefficient (Wildman–Crippen LogP) is 2.61. The fraction of sp³-hybridized carbons (Fsp3) is 0.538. The van der Waals surface area contributed by atoms with Crippen LogP contribution in [0, 0.1) is 5.82 Å². The van der Waals surface area contributed by atoms with Crippen LogP contribution in [0.15, 0.2) is 23.1 Å². The van der Waals surface area contributed by atoms with Crippen molar-refractivity contribution in [2.24, 2.45) is 5.14 Å². The first-order valence-electron chi connectivity index (χ1n) is 6.56. The Morgan fingerprint density at radius 3 is 2.32 bits per heavy atom. The van der Waals surface area contributed by atoms with Gasteiger partial charge in [-0.05, 0) is 31.0 Å². The van der Waals surface area contributed by atoms with Gasteiger partial charge in [0.1, 0.15) is 5.82 Å². The molecule has 106 valence electrons. The lowest BCUT2D eigenvalue weighted by Crippen LogP contribution is -2.19. The monoisotopic (exact) mass is 286 g/mol. The highest BCUT2D eigenvalue weighted by atomic mass is 32.2. The van der Waals surface area contributed by atoms with Crippen LogP contribution in [0.3, 0.4) is 0 Å². The number of benzene rings is 1. The minimum Gasteiger partial charge on any atom is -0.380 e. The van der Waals surface area contributed by atoms with Crippen molar-refractivity contribution >= 4 is 15.7 Å². The molecule has 1 aromatic carbocycles. The maximum atomic E-state index is 13.9. The number of nitrogens with two attached hydrogens (primary N) is 1. The Bertz CT molecular complexity index is 538. The van der Waals surface area contributed by atoms with E-state index in [9.17, 15) is 12.8 Å². The zero-order chi connectivity index (χ0) is 13.9. The Morgan fingerprint density at radius 2 is 1.79 bits per heavy atom. The third-order valence-corrected chi connectivity index (χ3v) is 4.39. The molecule has 0 amide bonds. The maximum absolute atomic E-state index is 13.9. The summed E-state index contributed by atoms with van der Waals surface area (Å²) in [5.74, 6) is -0.573. The van der Waals surface area contributed by atoms with Gasteiger partial charge in [-0.3, -0.25) is 0 Å².